The number of aliphatic hydroxyl groups excluding tert-OH is 2. The van der Waals surface area contributed by atoms with Crippen LogP contribution < -0.4 is 5.32 Å². The number of benzene rings is 1. The second-order valence-electron chi connectivity index (χ2n) is 4.13. The predicted octanol–water partition coefficient (Wildman–Crippen LogP) is 1.71. The van der Waals surface area contributed by atoms with Crippen molar-refractivity contribution in [1.82, 2.24) is 5.32 Å². The molecule has 0 spiro atoms. The van der Waals surface area contributed by atoms with Gasteiger partial charge in [0.2, 0.25) is 0 Å². The third-order valence-corrected chi connectivity index (χ3v) is 2.53. The van der Waals surface area contributed by atoms with E-state index in [4.69, 9.17) is 5.11 Å². The highest BCUT2D eigenvalue weighted by molar-refractivity contribution is 5.27. The van der Waals surface area contributed by atoms with Crippen molar-refractivity contribution in [3.8, 4) is 0 Å². The molecule has 18 heavy (non-hydrogen) atoms. The van der Waals surface area contributed by atoms with Crippen LogP contribution >= 0.6 is 0 Å². The zero-order valence-electron chi connectivity index (χ0n) is 9.91. The van der Waals surface area contributed by atoms with Gasteiger partial charge in [0, 0.05) is 12.6 Å². The Labute approximate surface area is 103 Å². The summed E-state index contributed by atoms with van der Waals surface area (Å²) in [5, 5.41) is 21.3. The lowest BCUT2D eigenvalue weighted by atomic mass is 10.1. The van der Waals surface area contributed by atoms with Gasteiger partial charge in [0.15, 0.2) is 0 Å². The number of aliphatic hydroxyl groups is 2. The Morgan fingerprint density at radius 2 is 2.00 bits per heavy atom. The lowest BCUT2D eigenvalue weighted by Crippen LogP contribution is -2.33. The second-order valence-corrected chi connectivity index (χ2v) is 4.13. The van der Waals surface area contributed by atoms with Gasteiger partial charge in [0.25, 0.3) is 0 Å². The van der Waals surface area contributed by atoms with Crippen molar-refractivity contribution < 1.29 is 23.4 Å². The summed E-state index contributed by atoms with van der Waals surface area (Å²) < 4.78 is 37.4. The van der Waals surface area contributed by atoms with Gasteiger partial charge in [-0.3, -0.25) is 0 Å². The topological polar surface area (TPSA) is 52.5 Å². The van der Waals surface area contributed by atoms with Crippen molar-refractivity contribution in [2.45, 2.75) is 25.2 Å². The van der Waals surface area contributed by atoms with E-state index < -0.39 is 17.8 Å². The maximum Gasteiger partial charge on any atom is 0.416 e. The van der Waals surface area contributed by atoms with Gasteiger partial charge in [0.1, 0.15) is 0 Å². The van der Waals surface area contributed by atoms with E-state index in [9.17, 15) is 18.3 Å². The zero-order valence-corrected chi connectivity index (χ0v) is 9.91. The molecule has 3 N–H and O–H groups in total. The van der Waals surface area contributed by atoms with Crippen molar-refractivity contribution in [3.63, 3.8) is 0 Å². The van der Waals surface area contributed by atoms with Crippen LogP contribution in [0.25, 0.3) is 0 Å². The van der Waals surface area contributed by atoms with Gasteiger partial charge < -0.3 is 15.5 Å². The second kappa shape index (κ2) is 6.17. The molecule has 0 fully saturated rings. The lowest BCUT2D eigenvalue weighted by Gasteiger charge is -2.16. The van der Waals surface area contributed by atoms with E-state index in [1.165, 1.54) is 12.1 Å². The van der Waals surface area contributed by atoms with Crippen molar-refractivity contribution in [3.05, 3.63) is 35.4 Å². The Balaban J connectivity index is 2.71. The first-order valence-electron chi connectivity index (χ1n) is 5.54. The van der Waals surface area contributed by atoms with E-state index in [1.807, 2.05) is 0 Å². The molecule has 3 nitrogen and oxygen atoms in total. The molecule has 0 saturated carbocycles. The highest BCUT2D eigenvalue weighted by Gasteiger charge is 2.30. The van der Waals surface area contributed by atoms with Gasteiger partial charge in [-0.2, -0.15) is 13.2 Å². The summed E-state index contributed by atoms with van der Waals surface area (Å²) in [6, 6.07) is 4.36. The molecule has 1 aromatic carbocycles. The molecule has 1 rings (SSSR count). The van der Waals surface area contributed by atoms with Crippen LogP contribution in [0, 0.1) is 0 Å². The highest BCUT2D eigenvalue weighted by atomic mass is 19.4. The van der Waals surface area contributed by atoms with Gasteiger partial charge in [-0.25, -0.2) is 0 Å². The SMILES string of the molecule is C[C@H](CO)NCC(O)c1cccc(C(F)(F)F)c1. The van der Waals surface area contributed by atoms with Crippen LogP contribution in [-0.4, -0.2) is 29.4 Å². The molecule has 0 aromatic heterocycles. The fraction of sp³-hybridized carbons (Fsp3) is 0.500. The minimum absolute atomic E-state index is 0.0863. The van der Waals surface area contributed by atoms with Gasteiger partial charge >= 0.3 is 6.18 Å². The quantitative estimate of drug-likeness (QED) is 0.758. The first kappa shape index (κ1) is 14.9. The molecule has 0 aliphatic heterocycles. The van der Waals surface area contributed by atoms with Crippen molar-refractivity contribution in [1.29, 1.82) is 0 Å². The molecule has 0 bridgehead atoms. The fourth-order valence-electron chi connectivity index (χ4n) is 1.42. The summed E-state index contributed by atoms with van der Waals surface area (Å²) in [7, 11) is 0. The molecule has 0 heterocycles. The molecule has 102 valence electrons. The molecule has 0 aliphatic rings. The van der Waals surface area contributed by atoms with Gasteiger partial charge in [-0.05, 0) is 24.6 Å². The molecular weight excluding hydrogens is 247 g/mol. The molecule has 2 atom stereocenters. The monoisotopic (exact) mass is 263 g/mol. The van der Waals surface area contributed by atoms with Crippen LogP contribution in [0.2, 0.25) is 0 Å². The van der Waals surface area contributed by atoms with Crippen molar-refractivity contribution in [2.24, 2.45) is 0 Å². The maximum absolute atomic E-state index is 12.5. The first-order valence-corrected chi connectivity index (χ1v) is 5.54. The average molecular weight is 263 g/mol. The van der Waals surface area contributed by atoms with E-state index in [1.54, 1.807) is 6.92 Å². The molecule has 6 heteroatoms. The lowest BCUT2D eigenvalue weighted by molar-refractivity contribution is -0.137. The minimum atomic E-state index is -4.42. The predicted molar refractivity (Wildman–Crippen MR) is 61.0 cm³/mol. The molecule has 0 radical (unpaired) electrons. The Morgan fingerprint density at radius 1 is 1.33 bits per heavy atom. The fourth-order valence-corrected chi connectivity index (χ4v) is 1.42. The van der Waals surface area contributed by atoms with Crippen molar-refractivity contribution >= 4 is 0 Å². The van der Waals surface area contributed by atoms with E-state index >= 15 is 0 Å². The van der Waals surface area contributed by atoms with Gasteiger partial charge in [0.05, 0.1) is 18.3 Å². The summed E-state index contributed by atoms with van der Waals surface area (Å²) >= 11 is 0. The summed E-state index contributed by atoms with van der Waals surface area (Å²) in [5.74, 6) is 0. The van der Waals surface area contributed by atoms with Gasteiger partial charge in [-0.15, -0.1) is 0 Å². The Morgan fingerprint density at radius 3 is 2.56 bits per heavy atom. The minimum Gasteiger partial charge on any atom is -0.395 e. The summed E-state index contributed by atoms with van der Waals surface area (Å²) in [6.07, 6.45) is -5.46. The van der Waals surface area contributed by atoms with Crippen LogP contribution in [-0.2, 0) is 6.18 Å². The van der Waals surface area contributed by atoms with E-state index in [2.05, 4.69) is 5.32 Å². The molecular formula is C12H16F3NO2. The molecule has 0 amide bonds. The smallest absolute Gasteiger partial charge is 0.395 e. The van der Waals surface area contributed by atoms with E-state index in [0.717, 1.165) is 12.1 Å². The first-order chi connectivity index (χ1) is 8.34. The van der Waals surface area contributed by atoms with E-state index in [-0.39, 0.29) is 24.8 Å². The Hall–Kier alpha value is -1.11. The number of alkyl halides is 3. The van der Waals surface area contributed by atoms with E-state index in [0.29, 0.717) is 0 Å². The third-order valence-electron chi connectivity index (χ3n) is 2.53. The largest absolute Gasteiger partial charge is 0.416 e. The van der Waals surface area contributed by atoms with Crippen LogP contribution in [0.3, 0.4) is 0 Å². The molecule has 0 aliphatic carbocycles. The molecule has 1 unspecified atom stereocenters. The number of hydrogen-bond donors (Lipinski definition) is 3. The summed E-state index contributed by atoms with van der Waals surface area (Å²) in [5.41, 5.74) is -0.586. The Kier molecular flexibility index (Phi) is 5.13. The van der Waals surface area contributed by atoms with Crippen LogP contribution in [0.4, 0.5) is 13.2 Å². The summed E-state index contributed by atoms with van der Waals surface area (Å²) in [6.45, 7) is 1.69. The highest BCUT2D eigenvalue weighted by Crippen LogP contribution is 2.30. The standard InChI is InChI=1S/C12H16F3NO2/c1-8(7-17)16-6-11(18)9-3-2-4-10(5-9)12(13,14)15/h2-5,8,11,16-18H,6-7H2,1H3/t8-,11?/m1/s1. The third kappa shape index (κ3) is 4.29. The Bertz CT molecular complexity index is 382. The number of hydrogen-bond acceptors (Lipinski definition) is 3. The molecule has 0 saturated heterocycles. The van der Waals surface area contributed by atoms with Crippen LogP contribution in [0.1, 0.15) is 24.2 Å². The van der Waals surface area contributed by atoms with Crippen LogP contribution in [0.15, 0.2) is 24.3 Å². The number of nitrogens with one attached hydrogen (secondary N) is 1. The average Bonchev–Trinajstić information content (AvgIpc) is 2.34. The normalized spacial score (nSPS) is 15.4. The molecule has 1 aromatic rings. The number of rotatable bonds is 5. The van der Waals surface area contributed by atoms with Crippen LogP contribution in [0.5, 0.6) is 0 Å². The maximum atomic E-state index is 12.5. The van der Waals surface area contributed by atoms with Gasteiger partial charge in [-0.1, -0.05) is 12.1 Å². The zero-order chi connectivity index (χ0) is 13.8. The number of halogens is 3. The summed E-state index contributed by atoms with van der Waals surface area (Å²) in [4.78, 5) is 0. The van der Waals surface area contributed by atoms with Crippen molar-refractivity contribution in [2.75, 3.05) is 13.2 Å².